The standard InChI is InChI=1S/C13H21N3O/c1-15-11-2-5-13(17,6-3-11)9-10-4-7-16-12(14)8-10/h4,7-8,11,15,17H,2-3,5-6,9H2,1H3,(H2,14,16). The van der Waals surface area contributed by atoms with Gasteiger partial charge in [0.15, 0.2) is 0 Å². The first-order valence-electron chi connectivity index (χ1n) is 6.21. The van der Waals surface area contributed by atoms with Crippen molar-refractivity contribution in [2.45, 2.75) is 43.7 Å². The van der Waals surface area contributed by atoms with Gasteiger partial charge in [0.1, 0.15) is 5.82 Å². The quantitative estimate of drug-likeness (QED) is 0.733. The third-order valence-corrected chi connectivity index (χ3v) is 3.70. The van der Waals surface area contributed by atoms with E-state index in [2.05, 4.69) is 10.3 Å². The van der Waals surface area contributed by atoms with E-state index in [0.29, 0.717) is 18.3 Å². The Labute approximate surface area is 102 Å². The molecule has 2 rings (SSSR count). The van der Waals surface area contributed by atoms with Crippen molar-refractivity contribution in [2.24, 2.45) is 0 Å². The Morgan fingerprint density at radius 1 is 1.53 bits per heavy atom. The Morgan fingerprint density at radius 2 is 2.24 bits per heavy atom. The van der Waals surface area contributed by atoms with Crippen molar-refractivity contribution in [1.29, 1.82) is 0 Å². The summed E-state index contributed by atoms with van der Waals surface area (Å²) in [5.41, 5.74) is 6.15. The monoisotopic (exact) mass is 235 g/mol. The molecule has 0 radical (unpaired) electrons. The highest BCUT2D eigenvalue weighted by Gasteiger charge is 2.32. The molecular formula is C13H21N3O. The molecule has 0 aliphatic heterocycles. The summed E-state index contributed by atoms with van der Waals surface area (Å²) in [6.07, 6.45) is 6.14. The fourth-order valence-electron chi connectivity index (χ4n) is 2.60. The lowest BCUT2D eigenvalue weighted by Gasteiger charge is -2.36. The number of nitrogens with zero attached hydrogens (tertiary/aromatic N) is 1. The van der Waals surface area contributed by atoms with Gasteiger partial charge >= 0.3 is 0 Å². The summed E-state index contributed by atoms with van der Waals surface area (Å²) in [6.45, 7) is 0. The van der Waals surface area contributed by atoms with Crippen LogP contribution in [-0.4, -0.2) is 28.8 Å². The first-order valence-corrected chi connectivity index (χ1v) is 6.21. The Kier molecular flexibility index (Phi) is 3.64. The van der Waals surface area contributed by atoms with Gasteiger partial charge in [-0.15, -0.1) is 0 Å². The molecule has 0 aromatic carbocycles. The molecular weight excluding hydrogens is 214 g/mol. The second kappa shape index (κ2) is 5.02. The number of rotatable bonds is 3. The molecule has 0 saturated heterocycles. The second-order valence-corrected chi connectivity index (χ2v) is 5.05. The van der Waals surface area contributed by atoms with E-state index in [4.69, 9.17) is 5.73 Å². The average molecular weight is 235 g/mol. The number of aromatic nitrogens is 1. The van der Waals surface area contributed by atoms with E-state index in [1.807, 2.05) is 19.2 Å². The molecule has 0 atom stereocenters. The van der Waals surface area contributed by atoms with Crippen molar-refractivity contribution in [3.8, 4) is 0 Å². The molecule has 0 bridgehead atoms. The van der Waals surface area contributed by atoms with Crippen molar-refractivity contribution in [3.05, 3.63) is 23.9 Å². The van der Waals surface area contributed by atoms with Crippen LogP contribution in [0.4, 0.5) is 5.82 Å². The van der Waals surface area contributed by atoms with Gasteiger partial charge in [-0.1, -0.05) is 0 Å². The van der Waals surface area contributed by atoms with E-state index < -0.39 is 5.60 Å². The number of pyridine rings is 1. The zero-order chi connectivity index (χ0) is 12.3. The minimum absolute atomic E-state index is 0.523. The molecule has 1 aliphatic carbocycles. The molecule has 1 aromatic heterocycles. The maximum Gasteiger partial charge on any atom is 0.123 e. The molecule has 0 spiro atoms. The third kappa shape index (κ3) is 3.17. The van der Waals surface area contributed by atoms with Crippen LogP contribution in [0.1, 0.15) is 31.2 Å². The van der Waals surface area contributed by atoms with Crippen LogP contribution in [-0.2, 0) is 6.42 Å². The predicted octanol–water partition coefficient (Wildman–Crippen LogP) is 1.10. The van der Waals surface area contributed by atoms with E-state index >= 15 is 0 Å². The van der Waals surface area contributed by atoms with E-state index in [0.717, 1.165) is 31.2 Å². The number of nitrogen functional groups attached to an aromatic ring is 1. The van der Waals surface area contributed by atoms with Gasteiger partial charge in [0.05, 0.1) is 5.60 Å². The lowest BCUT2D eigenvalue weighted by atomic mass is 9.78. The largest absolute Gasteiger partial charge is 0.390 e. The Morgan fingerprint density at radius 3 is 2.82 bits per heavy atom. The minimum Gasteiger partial charge on any atom is -0.390 e. The van der Waals surface area contributed by atoms with Crippen LogP contribution in [0.15, 0.2) is 18.3 Å². The number of anilines is 1. The molecule has 4 N–H and O–H groups in total. The van der Waals surface area contributed by atoms with Crippen molar-refractivity contribution >= 4 is 5.82 Å². The summed E-state index contributed by atoms with van der Waals surface area (Å²) in [6, 6.07) is 4.33. The highest BCUT2D eigenvalue weighted by molar-refractivity contribution is 5.32. The summed E-state index contributed by atoms with van der Waals surface area (Å²) in [5, 5.41) is 13.8. The van der Waals surface area contributed by atoms with E-state index in [-0.39, 0.29) is 0 Å². The fourth-order valence-corrected chi connectivity index (χ4v) is 2.60. The van der Waals surface area contributed by atoms with Gasteiger partial charge in [-0.3, -0.25) is 0 Å². The predicted molar refractivity (Wildman–Crippen MR) is 68.6 cm³/mol. The highest BCUT2D eigenvalue weighted by atomic mass is 16.3. The van der Waals surface area contributed by atoms with Crippen molar-refractivity contribution in [3.63, 3.8) is 0 Å². The zero-order valence-electron chi connectivity index (χ0n) is 10.3. The maximum atomic E-state index is 10.5. The van der Waals surface area contributed by atoms with Crippen molar-refractivity contribution < 1.29 is 5.11 Å². The van der Waals surface area contributed by atoms with Gasteiger partial charge < -0.3 is 16.2 Å². The molecule has 1 heterocycles. The summed E-state index contributed by atoms with van der Waals surface area (Å²) in [7, 11) is 1.98. The number of hydrogen-bond donors (Lipinski definition) is 3. The van der Waals surface area contributed by atoms with Crippen molar-refractivity contribution in [2.75, 3.05) is 12.8 Å². The Balaban J connectivity index is 1.99. The molecule has 94 valence electrons. The number of aliphatic hydroxyl groups is 1. The van der Waals surface area contributed by atoms with Gasteiger partial charge in [0, 0.05) is 18.7 Å². The molecule has 1 saturated carbocycles. The summed E-state index contributed by atoms with van der Waals surface area (Å²) in [4.78, 5) is 3.97. The zero-order valence-corrected chi connectivity index (χ0v) is 10.3. The lowest BCUT2D eigenvalue weighted by Crippen LogP contribution is -2.41. The number of hydrogen-bond acceptors (Lipinski definition) is 4. The van der Waals surface area contributed by atoms with Gasteiger partial charge in [-0.05, 0) is 50.4 Å². The minimum atomic E-state index is -0.568. The molecule has 17 heavy (non-hydrogen) atoms. The second-order valence-electron chi connectivity index (χ2n) is 5.05. The van der Waals surface area contributed by atoms with Crippen molar-refractivity contribution in [1.82, 2.24) is 10.3 Å². The van der Waals surface area contributed by atoms with Crippen LogP contribution in [0.25, 0.3) is 0 Å². The van der Waals surface area contributed by atoms with Crippen LogP contribution >= 0.6 is 0 Å². The van der Waals surface area contributed by atoms with Gasteiger partial charge in [0.25, 0.3) is 0 Å². The van der Waals surface area contributed by atoms with E-state index in [1.54, 1.807) is 6.20 Å². The summed E-state index contributed by atoms with van der Waals surface area (Å²) >= 11 is 0. The molecule has 1 aliphatic rings. The van der Waals surface area contributed by atoms with Gasteiger partial charge in [-0.2, -0.15) is 0 Å². The third-order valence-electron chi connectivity index (χ3n) is 3.70. The smallest absolute Gasteiger partial charge is 0.123 e. The summed E-state index contributed by atoms with van der Waals surface area (Å²) < 4.78 is 0. The average Bonchev–Trinajstić information content (AvgIpc) is 2.29. The number of nitrogens with one attached hydrogen (secondary N) is 1. The fraction of sp³-hybridized carbons (Fsp3) is 0.615. The van der Waals surface area contributed by atoms with E-state index in [9.17, 15) is 5.11 Å². The van der Waals surface area contributed by atoms with Gasteiger partial charge in [-0.25, -0.2) is 4.98 Å². The summed E-state index contributed by atoms with van der Waals surface area (Å²) in [5.74, 6) is 0.523. The molecule has 0 unspecified atom stereocenters. The molecule has 4 heteroatoms. The van der Waals surface area contributed by atoms with Crippen LogP contribution in [0, 0.1) is 0 Å². The first kappa shape index (κ1) is 12.3. The Bertz CT molecular complexity index is 373. The van der Waals surface area contributed by atoms with E-state index in [1.165, 1.54) is 0 Å². The lowest BCUT2D eigenvalue weighted by molar-refractivity contribution is -0.00242. The van der Waals surface area contributed by atoms with Gasteiger partial charge in [0.2, 0.25) is 0 Å². The number of nitrogens with two attached hydrogens (primary N) is 1. The SMILES string of the molecule is CNC1CCC(O)(Cc2ccnc(N)c2)CC1. The first-order chi connectivity index (χ1) is 8.11. The molecule has 4 nitrogen and oxygen atoms in total. The van der Waals surface area contributed by atoms with Crippen LogP contribution in [0.2, 0.25) is 0 Å². The topological polar surface area (TPSA) is 71.2 Å². The van der Waals surface area contributed by atoms with Crippen LogP contribution < -0.4 is 11.1 Å². The molecule has 1 fully saturated rings. The highest BCUT2D eigenvalue weighted by Crippen LogP contribution is 2.31. The Hall–Kier alpha value is -1.13. The normalized spacial score (nSPS) is 29.2. The maximum absolute atomic E-state index is 10.5. The van der Waals surface area contributed by atoms with Crippen LogP contribution in [0.3, 0.4) is 0 Å². The molecule has 0 amide bonds. The molecule has 1 aromatic rings. The van der Waals surface area contributed by atoms with Crippen LogP contribution in [0.5, 0.6) is 0 Å².